The molecule has 0 bridgehead atoms. The summed E-state index contributed by atoms with van der Waals surface area (Å²) < 4.78 is 30.8. The van der Waals surface area contributed by atoms with Gasteiger partial charge in [-0.1, -0.05) is 113 Å². The number of esters is 2. The van der Waals surface area contributed by atoms with Crippen molar-refractivity contribution in [1.82, 2.24) is 21.3 Å². The van der Waals surface area contributed by atoms with E-state index >= 15 is 0 Å². The van der Waals surface area contributed by atoms with Crippen LogP contribution in [0.2, 0.25) is 6.32 Å². The van der Waals surface area contributed by atoms with E-state index in [0.717, 1.165) is 21.2 Å². The second-order valence-electron chi connectivity index (χ2n) is 16.5. The van der Waals surface area contributed by atoms with Gasteiger partial charge in [-0.05, 0) is 94.2 Å². The van der Waals surface area contributed by atoms with Gasteiger partial charge in [0.25, 0.3) is 0 Å². The first-order chi connectivity index (χ1) is 32.1. The fraction of sp³-hybridized carbons (Fsp3) is 0.375. The molecule has 0 radical (unpaired) electrons. The molecule has 6 N–H and O–H groups in total. The summed E-state index contributed by atoms with van der Waals surface area (Å²) in [7, 11) is 1.11. The molecule has 0 aliphatic rings. The minimum atomic E-state index is -1.41. The molecule has 4 aromatic carbocycles. The number of rotatable bonds is 16. The van der Waals surface area contributed by atoms with Gasteiger partial charge in [0, 0.05) is 17.6 Å². The number of benzene rings is 4. The van der Waals surface area contributed by atoms with Gasteiger partial charge in [-0.25, -0.2) is 28.8 Å². The summed E-state index contributed by atoms with van der Waals surface area (Å²) in [5.41, 5.74) is 2.61. The molecule has 4 amide bonds. The lowest BCUT2D eigenvalue weighted by molar-refractivity contribution is -0.144. The summed E-state index contributed by atoms with van der Waals surface area (Å²) in [5.74, 6) is -1.16. The molecule has 0 aromatic heterocycles. The van der Waals surface area contributed by atoms with Crippen molar-refractivity contribution >= 4 is 59.4 Å². The van der Waals surface area contributed by atoms with Crippen LogP contribution in [0.5, 0.6) is 0 Å². The largest absolute Gasteiger partial charge is 0.467 e. The molecule has 0 aliphatic carbocycles. The number of alkyl carbamates (subject to hydrolysis) is 4. The maximum Gasteiger partial charge on any atom is 0.453 e. The Bertz CT molecular complexity index is 2150. The Morgan fingerprint density at radius 1 is 0.544 bits per heavy atom. The average Bonchev–Trinajstić information content (AvgIpc) is 3.28. The van der Waals surface area contributed by atoms with Gasteiger partial charge in [-0.2, -0.15) is 0 Å². The summed E-state index contributed by atoms with van der Waals surface area (Å²) in [6, 6.07) is 30.9. The lowest BCUT2D eigenvalue weighted by atomic mass is 9.87. The first kappa shape index (κ1) is 57.5. The van der Waals surface area contributed by atoms with E-state index in [0.29, 0.717) is 24.1 Å². The third-order valence-corrected chi connectivity index (χ3v) is 9.02. The molecule has 2 atom stereocenters. The topological polar surface area (TPSA) is 246 Å². The second-order valence-corrected chi connectivity index (χ2v) is 17.4. The minimum absolute atomic E-state index is 0.0838. The van der Waals surface area contributed by atoms with Crippen molar-refractivity contribution in [2.75, 3.05) is 27.3 Å². The van der Waals surface area contributed by atoms with E-state index < -0.39 is 66.7 Å². The molecule has 20 heteroatoms. The van der Waals surface area contributed by atoms with E-state index in [4.69, 9.17) is 38.5 Å². The van der Waals surface area contributed by atoms with E-state index in [2.05, 4.69) is 37.2 Å². The zero-order valence-electron chi connectivity index (χ0n) is 39.5. The lowest BCUT2D eigenvalue weighted by Gasteiger charge is -2.23. The van der Waals surface area contributed by atoms with Crippen molar-refractivity contribution in [2.24, 2.45) is 0 Å². The molecule has 0 fully saturated rings. The van der Waals surface area contributed by atoms with Crippen LogP contribution in [-0.2, 0) is 57.6 Å². The number of ether oxygens (including phenoxy) is 6. The normalized spacial score (nSPS) is 11.5. The first-order valence-corrected chi connectivity index (χ1v) is 22.1. The highest BCUT2D eigenvalue weighted by Gasteiger charge is 2.28. The molecule has 4 aromatic rings. The van der Waals surface area contributed by atoms with Gasteiger partial charge in [-0.3, -0.25) is 0 Å². The number of carbonyl (C=O) groups is 6. The highest BCUT2D eigenvalue weighted by Crippen LogP contribution is 2.20. The van der Waals surface area contributed by atoms with Crippen LogP contribution in [0.25, 0.3) is 0 Å². The number of hydrogen-bond donors (Lipinski definition) is 6. The number of methoxy groups -OCH3 is 2. The van der Waals surface area contributed by atoms with Crippen LogP contribution >= 0.6 is 15.9 Å². The second kappa shape index (κ2) is 29.9. The Balaban J connectivity index is 0.000000377. The zero-order chi connectivity index (χ0) is 50.7. The smallest absolute Gasteiger partial charge is 0.453 e. The molecular formula is C48H62BBrN4O14. The van der Waals surface area contributed by atoms with E-state index in [-0.39, 0.29) is 26.1 Å². The molecule has 0 saturated carbocycles. The summed E-state index contributed by atoms with van der Waals surface area (Å²) in [6.07, 6.45) is -1.78. The third-order valence-electron chi connectivity index (χ3n) is 8.49. The van der Waals surface area contributed by atoms with Gasteiger partial charge >= 0.3 is 43.4 Å². The fourth-order valence-electron chi connectivity index (χ4n) is 5.34. The number of hydrogen-bond acceptors (Lipinski definition) is 14. The predicted octanol–water partition coefficient (Wildman–Crippen LogP) is 7.47. The highest BCUT2D eigenvalue weighted by atomic mass is 79.9. The fourth-order valence-corrected chi connectivity index (χ4v) is 5.60. The van der Waals surface area contributed by atoms with E-state index in [1.807, 2.05) is 72.8 Å². The van der Waals surface area contributed by atoms with Crippen LogP contribution in [0.15, 0.2) is 114 Å². The van der Waals surface area contributed by atoms with Crippen LogP contribution in [0.1, 0.15) is 81.4 Å². The molecular weight excluding hydrogens is 947 g/mol. The number of amides is 4. The van der Waals surface area contributed by atoms with Crippen molar-refractivity contribution < 1.29 is 67.2 Å². The van der Waals surface area contributed by atoms with Crippen molar-refractivity contribution in [2.45, 2.75) is 90.8 Å². The third kappa shape index (κ3) is 25.3. The summed E-state index contributed by atoms with van der Waals surface area (Å²) >= 11 is 3.31. The highest BCUT2D eigenvalue weighted by molar-refractivity contribution is 9.10. The Morgan fingerprint density at radius 2 is 0.926 bits per heavy atom. The van der Waals surface area contributed by atoms with Crippen molar-refractivity contribution in [3.05, 3.63) is 141 Å². The van der Waals surface area contributed by atoms with Crippen molar-refractivity contribution in [3.8, 4) is 0 Å². The quantitative estimate of drug-likeness (QED) is 0.0362. The van der Waals surface area contributed by atoms with E-state index in [9.17, 15) is 28.8 Å². The number of carbonyl (C=O) groups excluding carboxylic acids is 6. The van der Waals surface area contributed by atoms with Gasteiger partial charge in [0.05, 0.1) is 14.2 Å². The monoisotopic (exact) mass is 1010 g/mol. The summed E-state index contributed by atoms with van der Waals surface area (Å²) in [4.78, 5) is 70.7. The van der Waals surface area contributed by atoms with Crippen LogP contribution in [0.4, 0.5) is 19.2 Å². The standard InChI is InChI=1S/C24H30N2O6.C14H18BrNO4.C10H14BNO4/c1-24(2,3)32-23(29)26-20(21(27)30-4)19-12-10-17(11-13-19)14-15-25-22(28)31-16-18-8-6-5-7-9-18;1-14(2,3)20-13(18)16-11(12(17)19-4)9-5-7-10(15)8-6-9;13-10(12-7-6-11(14)15)16-8-9-4-2-1-3-5-9/h5-13,20H,14-16H2,1-4H3,(H,25,28)(H,26,29);5-8,11H,1-4H3,(H,16,18);1-5,14-15H,6-8H2,(H,12,13). The average molecular weight is 1010 g/mol. The lowest BCUT2D eigenvalue weighted by Crippen LogP contribution is -2.38. The SMILES string of the molecule is COC(=O)C(NC(=O)OC(C)(C)C)c1ccc(Br)cc1.COC(=O)C(NC(=O)OC(C)(C)C)c1ccc(CCNC(=O)OCc2ccccc2)cc1.O=C(NCCB(O)O)OCc1ccccc1. The molecule has 0 saturated heterocycles. The van der Waals surface area contributed by atoms with Gasteiger partial charge in [0.2, 0.25) is 0 Å². The molecule has 4 rings (SSSR count). The van der Waals surface area contributed by atoms with Crippen LogP contribution < -0.4 is 21.3 Å². The van der Waals surface area contributed by atoms with E-state index in [1.165, 1.54) is 14.2 Å². The van der Waals surface area contributed by atoms with Gasteiger partial charge < -0.3 is 59.7 Å². The van der Waals surface area contributed by atoms with Crippen molar-refractivity contribution in [1.29, 1.82) is 0 Å². The Kier molecular flexibility index (Phi) is 25.3. The van der Waals surface area contributed by atoms with Gasteiger partial charge in [0.15, 0.2) is 12.1 Å². The molecule has 18 nitrogen and oxygen atoms in total. The van der Waals surface area contributed by atoms with Gasteiger partial charge in [-0.15, -0.1) is 0 Å². The van der Waals surface area contributed by atoms with Crippen LogP contribution in [0.3, 0.4) is 0 Å². The Morgan fingerprint density at radius 3 is 1.29 bits per heavy atom. The molecule has 0 aliphatic heterocycles. The van der Waals surface area contributed by atoms with Crippen LogP contribution in [0, 0.1) is 0 Å². The van der Waals surface area contributed by atoms with E-state index in [1.54, 1.807) is 77.9 Å². The Labute approximate surface area is 406 Å². The maximum absolute atomic E-state index is 12.2. The maximum atomic E-state index is 12.2. The first-order valence-electron chi connectivity index (χ1n) is 21.3. The Hall–Kier alpha value is -6.64. The predicted molar refractivity (Wildman–Crippen MR) is 257 cm³/mol. The summed E-state index contributed by atoms with van der Waals surface area (Å²) in [6.45, 7) is 11.4. The zero-order valence-corrected chi connectivity index (χ0v) is 41.1. The summed E-state index contributed by atoms with van der Waals surface area (Å²) in [5, 5.41) is 27.2. The number of halogens is 1. The van der Waals surface area contributed by atoms with Crippen LogP contribution in [-0.4, -0.2) is 92.0 Å². The number of nitrogens with one attached hydrogen (secondary N) is 4. The molecule has 368 valence electrons. The molecule has 2 unspecified atom stereocenters. The molecule has 0 spiro atoms. The van der Waals surface area contributed by atoms with Gasteiger partial charge in [0.1, 0.15) is 24.4 Å². The minimum Gasteiger partial charge on any atom is -0.467 e. The molecule has 68 heavy (non-hydrogen) atoms. The van der Waals surface area contributed by atoms with Crippen molar-refractivity contribution in [3.63, 3.8) is 0 Å². The molecule has 0 heterocycles.